The van der Waals surface area contributed by atoms with E-state index in [1.807, 2.05) is 0 Å². The molecule has 0 unspecified atom stereocenters. The van der Waals surface area contributed by atoms with Gasteiger partial charge in [-0.05, 0) is 62.1 Å². The van der Waals surface area contributed by atoms with Gasteiger partial charge >= 0.3 is 0 Å². The Kier molecular flexibility index (Phi) is 5.79. The summed E-state index contributed by atoms with van der Waals surface area (Å²) in [6, 6.07) is 10.1. The molecule has 0 atom stereocenters. The van der Waals surface area contributed by atoms with E-state index in [-0.39, 0.29) is 11.9 Å². The Morgan fingerprint density at radius 1 is 1.03 bits per heavy atom. The fraction of sp³-hybridized carbons (Fsp3) is 0.391. The molecule has 4 rings (SSSR count). The number of carbonyl (C=O) groups is 1. The van der Waals surface area contributed by atoms with Gasteiger partial charge in [0.25, 0.3) is 5.91 Å². The number of aryl methyl sites for hydroxylation is 3. The molecular formula is C23H28N6O. The maximum absolute atomic E-state index is 12.7. The number of rotatable bonds is 5. The molecule has 7 heteroatoms. The number of hydrogen-bond donors (Lipinski definition) is 2. The maximum atomic E-state index is 12.7. The largest absolute Gasteiger partial charge is 0.348 e. The Balaban J connectivity index is 1.52. The lowest BCUT2D eigenvalue weighted by molar-refractivity contribution is 0.0918. The summed E-state index contributed by atoms with van der Waals surface area (Å²) in [4.78, 5) is 21.7. The topological polar surface area (TPSA) is 84.7 Å². The van der Waals surface area contributed by atoms with Crippen molar-refractivity contribution in [2.24, 2.45) is 7.05 Å². The number of amides is 1. The summed E-state index contributed by atoms with van der Waals surface area (Å²) in [5.74, 6) is 0.419. The number of carbonyl (C=O) groups excluding carboxylic acids is 1. The molecule has 0 spiro atoms. The monoisotopic (exact) mass is 404 g/mol. The molecule has 2 heterocycles. The molecule has 1 aliphatic carbocycles. The highest BCUT2D eigenvalue weighted by molar-refractivity contribution is 5.93. The predicted molar refractivity (Wildman–Crippen MR) is 118 cm³/mol. The molecule has 0 radical (unpaired) electrons. The van der Waals surface area contributed by atoms with Crippen LogP contribution in [0.25, 0.3) is 11.4 Å². The lowest BCUT2D eigenvalue weighted by atomic mass is 9.95. The fourth-order valence-electron chi connectivity index (χ4n) is 4.05. The second-order valence-electron chi connectivity index (χ2n) is 8.11. The molecule has 3 aromatic rings. The Bertz CT molecular complexity index is 1030. The van der Waals surface area contributed by atoms with Gasteiger partial charge in [0.05, 0.1) is 5.69 Å². The number of anilines is 2. The molecule has 30 heavy (non-hydrogen) atoms. The van der Waals surface area contributed by atoms with Gasteiger partial charge in [-0.2, -0.15) is 5.10 Å². The summed E-state index contributed by atoms with van der Waals surface area (Å²) in [5, 5.41) is 10.9. The average Bonchev–Trinajstić information content (AvgIpc) is 3.10. The van der Waals surface area contributed by atoms with Crippen LogP contribution in [0.1, 0.15) is 53.7 Å². The highest BCUT2D eigenvalue weighted by Gasteiger charge is 2.20. The molecule has 0 bridgehead atoms. The van der Waals surface area contributed by atoms with Crippen LogP contribution in [0.4, 0.5) is 11.6 Å². The van der Waals surface area contributed by atoms with Crippen LogP contribution in [-0.4, -0.2) is 31.7 Å². The number of hydrogen-bond acceptors (Lipinski definition) is 5. The summed E-state index contributed by atoms with van der Waals surface area (Å²) in [6.45, 7) is 4.12. The third-order valence-electron chi connectivity index (χ3n) is 5.45. The van der Waals surface area contributed by atoms with E-state index in [4.69, 9.17) is 0 Å². The van der Waals surface area contributed by atoms with Crippen molar-refractivity contribution in [2.75, 3.05) is 5.32 Å². The van der Waals surface area contributed by atoms with Crippen molar-refractivity contribution in [2.45, 2.75) is 52.0 Å². The molecule has 7 nitrogen and oxygen atoms in total. The molecule has 1 amide bonds. The highest BCUT2D eigenvalue weighted by atomic mass is 16.2. The SMILES string of the molecule is Cc1cc(C)cc(Nc2nccc(-c3cc(C(=O)NC4CCCCC4)n(C)n3)n2)c1. The minimum atomic E-state index is -0.0780. The van der Waals surface area contributed by atoms with Crippen LogP contribution in [0.2, 0.25) is 0 Å². The van der Waals surface area contributed by atoms with Crippen LogP contribution in [0.15, 0.2) is 36.5 Å². The minimum Gasteiger partial charge on any atom is -0.348 e. The Labute approximate surface area is 176 Å². The number of aromatic nitrogens is 4. The van der Waals surface area contributed by atoms with E-state index < -0.39 is 0 Å². The van der Waals surface area contributed by atoms with E-state index in [0.29, 0.717) is 23.0 Å². The molecule has 156 valence electrons. The first kappa shape index (κ1) is 20.1. The third-order valence-corrected chi connectivity index (χ3v) is 5.45. The summed E-state index contributed by atoms with van der Waals surface area (Å²) >= 11 is 0. The molecule has 0 aliphatic heterocycles. The van der Waals surface area contributed by atoms with E-state index in [0.717, 1.165) is 18.5 Å². The van der Waals surface area contributed by atoms with Gasteiger partial charge in [-0.15, -0.1) is 0 Å². The van der Waals surface area contributed by atoms with Crippen LogP contribution in [0, 0.1) is 13.8 Å². The van der Waals surface area contributed by atoms with Crippen LogP contribution in [0.3, 0.4) is 0 Å². The molecule has 1 aliphatic rings. The van der Waals surface area contributed by atoms with Gasteiger partial charge < -0.3 is 10.6 Å². The lowest BCUT2D eigenvalue weighted by Crippen LogP contribution is -2.37. The molecule has 1 saturated carbocycles. The fourth-order valence-corrected chi connectivity index (χ4v) is 4.05. The van der Waals surface area contributed by atoms with Crippen molar-refractivity contribution in [3.63, 3.8) is 0 Å². The van der Waals surface area contributed by atoms with E-state index in [2.05, 4.69) is 57.7 Å². The quantitative estimate of drug-likeness (QED) is 0.662. The Morgan fingerprint density at radius 3 is 2.50 bits per heavy atom. The van der Waals surface area contributed by atoms with Crippen molar-refractivity contribution in [3.05, 3.63) is 53.3 Å². The molecule has 1 aromatic carbocycles. The highest BCUT2D eigenvalue weighted by Crippen LogP contribution is 2.22. The normalized spacial score (nSPS) is 14.5. The van der Waals surface area contributed by atoms with Crippen molar-refractivity contribution in [1.29, 1.82) is 0 Å². The van der Waals surface area contributed by atoms with Crippen molar-refractivity contribution < 1.29 is 4.79 Å². The molecular weight excluding hydrogens is 376 g/mol. The first-order valence-corrected chi connectivity index (χ1v) is 10.5. The van der Waals surface area contributed by atoms with Crippen LogP contribution >= 0.6 is 0 Å². The minimum absolute atomic E-state index is 0.0780. The van der Waals surface area contributed by atoms with Gasteiger partial charge in [-0.25, -0.2) is 9.97 Å². The van der Waals surface area contributed by atoms with Crippen LogP contribution in [0.5, 0.6) is 0 Å². The summed E-state index contributed by atoms with van der Waals surface area (Å²) in [7, 11) is 1.79. The van der Waals surface area contributed by atoms with Gasteiger partial charge in [0.1, 0.15) is 11.4 Å². The summed E-state index contributed by atoms with van der Waals surface area (Å²) < 4.78 is 1.62. The Morgan fingerprint density at radius 2 is 1.77 bits per heavy atom. The standard InChI is InChI=1S/C23H28N6O/c1-15-11-16(2)13-18(12-15)26-23-24-10-9-19(27-23)20-14-21(29(3)28-20)22(30)25-17-7-5-4-6-8-17/h9-14,17H,4-8H2,1-3H3,(H,25,30)(H,24,26,27). The zero-order chi connectivity index (χ0) is 21.1. The second kappa shape index (κ2) is 8.65. The van der Waals surface area contributed by atoms with Crippen LogP contribution in [-0.2, 0) is 7.05 Å². The van der Waals surface area contributed by atoms with Gasteiger partial charge in [-0.1, -0.05) is 25.3 Å². The second-order valence-corrected chi connectivity index (χ2v) is 8.11. The zero-order valence-electron chi connectivity index (χ0n) is 17.8. The van der Waals surface area contributed by atoms with Gasteiger partial charge in [0.15, 0.2) is 0 Å². The van der Waals surface area contributed by atoms with E-state index >= 15 is 0 Å². The smallest absolute Gasteiger partial charge is 0.269 e. The molecule has 1 fully saturated rings. The van der Waals surface area contributed by atoms with Crippen molar-refractivity contribution in [1.82, 2.24) is 25.1 Å². The molecule has 2 aromatic heterocycles. The van der Waals surface area contributed by atoms with Crippen LogP contribution < -0.4 is 10.6 Å². The summed E-state index contributed by atoms with van der Waals surface area (Å²) in [6.07, 6.45) is 7.42. The van der Waals surface area contributed by atoms with Gasteiger partial charge in [0, 0.05) is 25.0 Å². The molecule has 2 N–H and O–H groups in total. The lowest BCUT2D eigenvalue weighted by Gasteiger charge is -2.22. The van der Waals surface area contributed by atoms with Gasteiger partial charge in [-0.3, -0.25) is 9.48 Å². The van der Waals surface area contributed by atoms with Crippen molar-refractivity contribution >= 4 is 17.5 Å². The maximum Gasteiger partial charge on any atom is 0.269 e. The first-order valence-electron chi connectivity index (χ1n) is 10.5. The average molecular weight is 405 g/mol. The van der Waals surface area contributed by atoms with Gasteiger partial charge in [0.2, 0.25) is 5.95 Å². The molecule has 0 saturated heterocycles. The third kappa shape index (κ3) is 4.67. The predicted octanol–water partition coefficient (Wildman–Crippen LogP) is 4.30. The number of nitrogens with one attached hydrogen (secondary N) is 2. The van der Waals surface area contributed by atoms with Crippen molar-refractivity contribution in [3.8, 4) is 11.4 Å². The zero-order valence-corrected chi connectivity index (χ0v) is 17.8. The van der Waals surface area contributed by atoms with E-state index in [1.54, 1.807) is 30.1 Å². The number of nitrogens with zero attached hydrogens (tertiary/aromatic N) is 4. The first-order chi connectivity index (χ1) is 14.5. The Hall–Kier alpha value is -3.22. The van der Waals surface area contributed by atoms with E-state index in [9.17, 15) is 4.79 Å². The number of benzene rings is 1. The van der Waals surface area contributed by atoms with E-state index in [1.165, 1.54) is 30.4 Å². The summed E-state index contributed by atoms with van der Waals surface area (Å²) in [5.41, 5.74) is 5.15.